The summed E-state index contributed by atoms with van der Waals surface area (Å²) in [7, 11) is 1.45. The fourth-order valence-electron chi connectivity index (χ4n) is 1.97. The summed E-state index contributed by atoms with van der Waals surface area (Å²) in [4.78, 5) is 25.7. The van der Waals surface area contributed by atoms with Crippen LogP contribution in [0.3, 0.4) is 0 Å². The van der Waals surface area contributed by atoms with Crippen LogP contribution in [0.1, 0.15) is 10.4 Å². The number of aromatic hydroxyl groups is 1. The van der Waals surface area contributed by atoms with Crippen LogP contribution in [0.2, 0.25) is 10.0 Å². The number of anilines is 1. The second-order valence-electron chi connectivity index (χ2n) is 4.97. The van der Waals surface area contributed by atoms with Crippen molar-refractivity contribution in [3.63, 3.8) is 0 Å². The molecular formula is C16H13BrCl2N2O3. The van der Waals surface area contributed by atoms with Gasteiger partial charge in [0.05, 0.1) is 27.8 Å². The molecule has 0 saturated carbocycles. The van der Waals surface area contributed by atoms with Gasteiger partial charge in [-0.3, -0.25) is 9.59 Å². The highest BCUT2D eigenvalue weighted by molar-refractivity contribution is 9.10. The maximum absolute atomic E-state index is 12.4. The first kappa shape index (κ1) is 18.6. The summed E-state index contributed by atoms with van der Waals surface area (Å²) < 4.78 is 0.643. The Morgan fingerprint density at radius 1 is 1.21 bits per heavy atom. The number of phenolic OH excluding ortho intramolecular Hbond substituents is 1. The molecule has 0 radical (unpaired) electrons. The normalized spacial score (nSPS) is 10.3. The van der Waals surface area contributed by atoms with Gasteiger partial charge < -0.3 is 15.3 Å². The minimum Gasteiger partial charge on any atom is -0.507 e. The molecule has 2 N–H and O–H groups in total. The summed E-state index contributed by atoms with van der Waals surface area (Å²) >= 11 is 15.2. The molecule has 0 unspecified atom stereocenters. The van der Waals surface area contributed by atoms with E-state index in [1.54, 1.807) is 24.3 Å². The van der Waals surface area contributed by atoms with Crippen molar-refractivity contribution in [1.29, 1.82) is 0 Å². The topological polar surface area (TPSA) is 69.6 Å². The number of likely N-dealkylation sites (N-methyl/N-ethyl adjacent to an activating group) is 1. The molecule has 0 bridgehead atoms. The van der Waals surface area contributed by atoms with Crippen molar-refractivity contribution in [2.45, 2.75) is 0 Å². The number of nitrogens with one attached hydrogen (secondary N) is 1. The van der Waals surface area contributed by atoms with Crippen LogP contribution in [0.5, 0.6) is 5.75 Å². The SMILES string of the molecule is CN(CC(=O)Nc1c(Cl)cccc1Cl)C(=O)c1cc(Br)ccc1O. The monoisotopic (exact) mass is 430 g/mol. The van der Waals surface area contributed by atoms with Crippen LogP contribution in [0.25, 0.3) is 0 Å². The number of amides is 2. The predicted octanol–water partition coefficient (Wildman–Crippen LogP) is 4.17. The summed E-state index contributed by atoms with van der Waals surface area (Å²) in [5.74, 6) is -1.12. The van der Waals surface area contributed by atoms with Gasteiger partial charge in [-0.1, -0.05) is 45.2 Å². The van der Waals surface area contributed by atoms with Crippen molar-refractivity contribution < 1.29 is 14.7 Å². The van der Waals surface area contributed by atoms with Gasteiger partial charge in [0.1, 0.15) is 5.75 Å². The molecule has 0 fully saturated rings. The third kappa shape index (κ3) is 4.41. The zero-order valence-electron chi connectivity index (χ0n) is 12.5. The summed E-state index contributed by atoms with van der Waals surface area (Å²) in [6.07, 6.45) is 0. The molecule has 0 aromatic heterocycles. The van der Waals surface area contributed by atoms with Crippen LogP contribution in [-0.2, 0) is 4.79 Å². The Balaban J connectivity index is 2.08. The van der Waals surface area contributed by atoms with Gasteiger partial charge in [0.25, 0.3) is 5.91 Å². The van der Waals surface area contributed by atoms with E-state index in [0.717, 1.165) is 0 Å². The van der Waals surface area contributed by atoms with Crippen molar-refractivity contribution in [2.24, 2.45) is 0 Å². The lowest BCUT2D eigenvalue weighted by molar-refractivity contribution is -0.116. The van der Waals surface area contributed by atoms with E-state index in [9.17, 15) is 14.7 Å². The minimum absolute atomic E-state index is 0.0930. The van der Waals surface area contributed by atoms with Crippen molar-refractivity contribution >= 4 is 56.6 Å². The third-order valence-corrected chi connectivity index (χ3v) is 4.27. The van der Waals surface area contributed by atoms with Gasteiger partial charge in [0.15, 0.2) is 0 Å². The zero-order valence-corrected chi connectivity index (χ0v) is 15.6. The van der Waals surface area contributed by atoms with Gasteiger partial charge >= 0.3 is 0 Å². The largest absolute Gasteiger partial charge is 0.507 e. The van der Waals surface area contributed by atoms with Gasteiger partial charge in [-0.25, -0.2) is 0 Å². The molecule has 2 amide bonds. The number of hydrogen-bond donors (Lipinski definition) is 2. The van der Waals surface area contributed by atoms with Crippen LogP contribution < -0.4 is 5.32 Å². The minimum atomic E-state index is -0.491. The Bertz CT molecular complexity index is 779. The molecule has 0 aliphatic heterocycles. The molecule has 24 heavy (non-hydrogen) atoms. The zero-order chi connectivity index (χ0) is 17.9. The van der Waals surface area contributed by atoms with Crippen LogP contribution in [-0.4, -0.2) is 35.4 Å². The van der Waals surface area contributed by atoms with Gasteiger partial charge in [-0.05, 0) is 30.3 Å². The van der Waals surface area contributed by atoms with Crippen molar-refractivity contribution in [1.82, 2.24) is 4.90 Å². The second kappa shape index (κ2) is 7.88. The molecule has 2 aromatic carbocycles. The molecule has 0 atom stereocenters. The number of hydrogen-bond acceptors (Lipinski definition) is 3. The van der Waals surface area contributed by atoms with Crippen molar-refractivity contribution in [3.8, 4) is 5.75 Å². The molecule has 2 aromatic rings. The highest BCUT2D eigenvalue weighted by Gasteiger charge is 2.19. The number of phenols is 1. The molecule has 5 nitrogen and oxygen atoms in total. The maximum Gasteiger partial charge on any atom is 0.257 e. The molecule has 0 saturated heterocycles. The second-order valence-corrected chi connectivity index (χ2v) is 6.70. The molecule has 0 aliphatic rings. The Kier molecular flexibility index (Phi) is 6.10. The van der Waals surface area contributed by atoms with Gasteiger partial charge in [-0.2, -0.15) is 0 Å². The van der Waals surface area contributed by atoms with Crippen LogP contribution in [0, 0.1) is 0 Å². The Morgan fingerprint density at radius 2 is 1.83 bits per heavy atom. The molecule has 126 valence electrons. The Hall–Kier alpha value is -1.76. The van der Waals surface area contributed by atoms with Gasteiger partial charge in [-0.15, -0.1) is 0 Å². The molecule has 2 rings (SSSR count). The van der Waals surface area contributed by atoms with E-state index < -0.39 is 11.8 Å². The summed E-state index contributed by atoms with van der Waals surface area (Å²) in [5.41, 5.74) is 0.382. The van der Waals surface area contributed by atoms with E-state index in [-0.39, 0.29) is 23.5 Å². The Morgan fingerprint density at radius 3 is 2.46 bits per heavy atom. The molecule has 0 heterocycles. The highest BCUT2D eigenvalue weighted by Crippen LogP contribution is 2.29. The number of nitrogens with zero attached hydrogens (tertiary/aromatic N) is 1. The molecule has 8 heteroatoms. The molecule has 0 spiro atoms. The Labute approximate surface area is 157 Å². The molecular weight excluding hydrogens is 419 g/mol. The number of carbonyl (C=O) groups excluding carboxylic acids is 2. The van der Waals surface area contributed by atoms with E-state index in [1.165, 1.54) is 24.1 Å². The van der Waals surface area contributed by atoms with E-state index in [0.29, 0.717) is 14.5 Å². The average molecular weight is 432 g/mol. The summed E-state index contributed by atoms with van der Waals surface area (Å²) in [6.45, 7) is -0.230. The van der Waals surface area contributed by atoms with Gasteiger partial charge in [0, 0.05) is 11.5 Å². The number of halogens is 3. The van der Waals surface area contributed by atoms with E-state index in [1.807, 2.05) is 0 Å². The summed E-state index contributed by atoms with van der Waals surface area (Å²) in [5, 5.41) is 13.0. The van der Waals surface area contributed by atoms with E-state index >= 15 is 0 Å². The average Bonchev–Trinajstić information content (AvgIpc) is 2.52. The first-order valence-corrected chi connectivity index (χ1v) is 8.32. The number of carbonyl (C=O) groups is 2. The fourth-order valence-corrected chi connectivity index (χ4v) is 2.82. The lowest BCUT2D eigenvalue weighted by Gasteiger charge is -2.18. The lowest BCUT2D eigenvalue weighted by atomic mass is 10.2. The van der Waals surface area contributed by atoms with E-state index in [4.69, 9.17) is 23.2 Å². The number of rotatable bonds is 4. The van der Waals surface area contributed by atoms with Crippen LogP contribution >= 0.6 is 39.1 Å². The van der Waals surface area contributed by atoms with Crippen LogP contribution in [0.4, 0.5) is 5.69 Å². The summed E-state index contributed by atoms with van der Waals surface area (Å²) in [6, 6.07) is 9.34. The fraction of sp³-hybridized carbons (Fsp3) is 0.125. The number of para-hydroxylation sites is 1. The standard InChI is InChI=1S/C16H13BrCl2N2O3/c1-21(16(24)10-7-9(17)5-6-13(10)22)8-14(23)20-15-11(18)3-2-4-12(15)19/h2-7,22H,8H2,1H3,(H,20,23). The highest BCUT2D eigenvalue weighted by atomic mass is 79.9. The number of benzene rings is 2. The van der Waals surface area contributed by atoms with Crippen molar-refractivity contribution in [3.05, 3.63) is 56.5 Å². The predicted molar refractivity (Wildman–Crippen MR) is 97.9 cm³/mol. The van der Waals surface area contributed by atoms with Crippen LogP contribution in [0.15, 0.2) is 40.9 Å². The third-order valence-electron chi connectivity index (χ3n) is 3.14. The molecule has 0 aliphatic carbocycles. The first-order chi connectivity index (χ1) is 11.3. The smallest absolute Gasteiger partial charge is 0.257 e. The van der Waals surface area contributed by atoms with Gasteiger partial charge in [0.2, 0.25) is 5.91 Å². The van der Waals surface area contributed by atoms with E-state index in [2.05, 4.69) is 21.2 Å². The quantitative estimate of drug-likeness (QED) is 0.763. The maximum atomic E-state index is 12.4. The first-order valence-electron chi connectivity index (χ1n) is 6.77. The lowest BCUT2D eigenvalue weighted by Crippen LogP contribution is -2.35. The van der Waals surface area contributed by atoms with Crippen molar-refractivity contribution in [2.75, 3.05) is 18.9 Å².